The second-order valence-electron chi connectivity index (χ2n) is 20.7. The number of carbonyl (C=O) groups is 2. The summed E-state index contributed by atoms with van der Waals surface area (Å²) >= 11 is 0. The number of nitrogens with one attached hydrogen (secondary N) is 1. The van der Waals surface area contributed by atoms with Gasteiger partial charge in [-0.05, 0) is 64.2 Å². The van der Waals surface area contributed by atoms with Gasteiger partial charge in [0.25, 0.3) is 0 Å². The van der Waals surface area contributed by atoms with E-state index < -0.39 is 12.1 Å². The summed E-state index contributed by atoms with van der Waals surface area (Å²) in [5.74, 6) is -0.0693. The highest BCUT2D eigenvalue weighted by Crippen LogP contribution is 2.17. The predicted octanol–water partition coefficient (Wildman–Crippen LogP) is 18.8. The highest BCUT2D eigenvalue weighted by molar-refractivity contribution is 5.76. The van der Waals surface area contributed by atoms with Crippen LogP contribution in [0.5, 0.6) is 0 Å². The van der Waals surface area contributed by atoms with Crippen LogP contribution < -0.4 is 5.32 Å². The lowest BCUT2D eigenvalue weighted by Gasteiger charge is -2.20. The van der Waals surface area contributed by atoms with Crippen LogP contribution in [-0.2, 0) is 14.3 Å². The molecular weight excluding hydrogens is 839 g/mol. The second kappa shape index (κ2) is 57.7. The second-order valence-corrected chi connectivity index (χ2v) is 20.7. The van der Waals surface area contributed by atoms with E-state index >= 15 is 0 Å². The van der Waals surface area contributed by atoms with Crippen LogP contribution in [0.1, 0.15) is 322 Å². The summed E-state index contributed by atoms with van der Waals surface area (Å²) in [4.78, 5) is 24.5. The van der Waals surface area contributed by atoms with Crippen LogP contribution in [-0.4, -0.2) is 47.4 Å². The minimum Gasteiger partial charge on any atom is -0.466 e. The van der Waals surface area contributed by atoms with E-state index in [-0.39, 0.29) is 18.5 Å². The van der Waals surface area contributed by atoms with Crippen molar-refractivity contribution in [2.75, 3.05) is 13.2 Å². The van der Waals surface area contributed by atoms with Gasteiger partial charge in [-0.3, -0.25) is 9.59 Å². The number of esters is 1. The molecule has 0 rings (SSSR count). The Morgan fingerprint density at radius 3 is 1.12 bits per heavy atom. The van der Waals surface area contributed by atoms with Crippen molar-refractivity contribution in [2.24, 2.45) is 0 Å². The third-order valence-corrected chi connectivity index (χ3v) is 13.9. The van der Waals surface area contributed by atoms with Gasteiger partial charge in [-0.15, -0.1) is 0 Å². The topological polar surface area (TPSA) is 95.9 Å². The molecule has 1 amide bonds. The average molecular weight is 957 g/mol. The van der Waals surface area contributed by atoms with Gasteiger partial charge >= 0.3 is 5.97 Å². The number of aliphatic hydroxyl groups excluding tert-OH is 2. The van der Waals surface area contributed by atoms with Crippen LogP contribution in [0.4, 0.5) is 0 Å². The van der Waals surface area contributed by atoms with Crippen molar-refractivity contribution >= 4 is 11.9 Å². The maximum atomic E-state index is 12.4. The van der Waals surface area contributed by atoms with E-state index in [0.29, 0.717) is 19.4 Å². The summed E-state index contributed by atoms with van der Waals surface area (Å²) in [6, 6.07) is -0.635. The third kappa shape index (κ3) is 53.4. The lowest BCUT2D eigenvalue weighted by atomic mass is 10.0. The molecule has 0 aliphatic carbocycles. The standard InChI is InChI=1S/C62H117NO5/c1-3-5-7-9-11-13-15-17-30-34-38-42-46-50-54-60(65)59(58-64)63-61(66)55-51-47-43-39-35-31-28-26-24-22-20-19-21-23-25-27-29-33-37-41-45-49-53-57-68-62(67)56-52-48-44-40-36-32-18-16-14-12-10-8-6-4-2/h19,21-22,24,50,54,59-60,64-65H,3-18,20,23,25-49,51-53,55-58H2,1-2H3,(H,63,66)/b21-19-,24-22-,54-50+. The average Bonchev–Trinajstić information content (AvgIpc) is 3.34. The molecule has 68 heavy (non-hydrogen) atoms. The number of ether oxygens (including phenoxy) is 1. The van der Waals surface area contributed by atoms with Crippen molar-refractivity contribution < 1.29 is 24.5 Å². The Labute approximate surface area is 424 Å². The lowest BCUT2D eigenvalue weighted by Crippen LogP contribution is -2.45. The summed E-state index contributed by atoms with van der Waals surface area (Å²) in [5.41, 5.74) is 0. The van der Waals surface area contributed by atoms with Crippen molar-refractivity contribution in [1.82, 2.24) is 5.32 Å². The van der Waals surface area contributed by atoms with Crippen molar-refractivity contribution in [1.29, 1.82) is 0 Å². The molecular formula is C62H117NO5. The molecule has 400 valence electrons. The summed E-state index contributed by atoms with van der Waals surface area (Å²) in [7, 11) is 0. The van der Waals surface area contributed by atoms with Crippen molar-refractivity contribution in [2.45, 2.75) is 334 Å². The highest BCUT2D eigenvalue weighted by Gasteiger charge is 2.18. The Balaban J connectivity index is 3.46. The maximum absolute atomic E-state index is 12.4. The SMILES string of the molecule is CCCCCCCCCCCCCC/C=C/C(O)C(CO)NC(=O)CCCCCCCCC/C=C\C/C=C\CCCCCCCCCCCOC(=O)CCCCCCCCCCCCCCCC. The van der Waals surface area contributed by atoms with Crippen LogP contribution >= 0.6 is 0 Å². The molecule has 0 aromatic carbocycles. The molecule has 0 spiro atoms. The molecule has 3 N–H and O–H groups in total. The molecule has 6 heteroatoms. The molecule has 0 saturated carbocycles. The minimum absolute atomic E-state index is 0.00866. The Hall–Kier alpha value is -1.92. The van der Waals surface area contributed by atoms with E-state index in [1.807, 2.05) is 6.08 Å². The van der Waals surface area contributed by atoms with Gasteiger partial charge in [-0.1, -0.05) is 281 Å². The van der Waals surface area contributed by atoms with Crippen molar-refractivity contribution in [3.8, 4) is 0 Å². The fourth-order valence-corrected chi connectivity index (χ4v) is 9.25. The molecule has 0 bridgehead atoms. The zero-order valence-electron chi connectivity index (χ0n) is 45.6. The zero-order chi connectivity index (χ0) is 49.3. The molecule has 2 unspecified atom stereocenters. The van der Waals surface area contributed by atoms with E-state index in [2.05, 4.69) is 43.5 Å². The van der Waals surface area contributed by atoms with E-state index in [0.717, 1.165) is 57.8 Å². The van der Waals surface area contributed by atoms with Crippen molar-refractivity contribution in [3.05, 3.63) is 36.5 Å². The van der Waals surface area contributed by atoms with E-state index in [1.54, 1.807) is 6.08 Å². The number of hydrogen-bond acceptors (Lipinski definition) is 5. The Morgan fingerprint density at radius 2 is 0.735 bits per heavy atom. The Bertz CT molecular complexity index is 1100. The van der Waals surface area contributed by atoms with Crippen LogP contribution in [0.2, 0.25) is 0 Å². The number of hydrogen-bond donors (Lipinski definition) is 3. The lowest BCUT2D eigenvalue weighted by molar-refractivity contribution is -0.143. The first kappa shape index (κ1) is 66.1. The van der Waals surface area contributed by atoms with Crippen LogP contribution in [0.15, 0.2) is 36.5 Å². The van der Waals surface area contributed by atoms with E-state index in [1.165, 1.54) is 238 Å². The van der Waals surface area contributed by atoms with Gasteiger partial charge < -0.3 is 20.3 Å². The molecule has 2 atom stereocenters. The number of amides is 1. The summed E-state index contributed by atoms with van der Waals surface area (Å²) in [6.45, 7) is 4.90. The van der Waals surface area contributed by atoms with Gasteiger partial charge in [0.2, 0.25) is 5.91 Å². The number of allylic oxidation sites excluding steroid dienone is 5. The van der Waals surface area contributed by atoms with Gasteiger partial charge in [-0.25, -0.2) is 0 Å². The molecule has 0 aliphatic heterocycles. The quantitative estimate of drug-likeness (QED) is 0.0321. The fourth-order valence-electron chi connectivity index (χ4n) is 9.25. The van der Waals surface area contributed by atoms with E-state index in [4.69, 9.17) is 4.74 Å². The Kier molecular flexibility index (Phi) is 56.0. The molecule has 0 heterocycles. The summed E-state index contributed by atoms with van der Waals surface area (Å²) < 4.78 is 5.48. The zero-order valence-corrected chi connectivity index (χ0v) is 45.6. The van der Waals surface area contributed by atoms with Gasteiger partial charge in [0.1, 0.15) is 0 Å². The summed E-state index contributed by atoms with van der Waals surface area (Å²) in [6.07, 6.45) is 71.8. The minimum atomic E-state index is -0.850. The number of rotatable bonds is 56. The smallest absolute Gasteiger partial charge is 0.305 e. The monoisotopic (exact) mass is 956 g/mol. The first-order valence-electron chi connectivity index (χ1n) is 30.3. The van der Waals surface area contributed by atoms with Crippen LogP contribution in [0.25, 0.3) is 0 Å². The van der Waals surface area contributed by atoms with Crippen LogP contribution in [0.3, 0.4) is 0 Å². The third-order valence-electron chi connectivity index (χ3n) is 13.9. The largest absolute Gasteiger partial charge is 0.466 e. The van der Waals surface area contributed by atoms with Crippen molar-refractivity contribution in [3.63, 3.8) is 0 Å². The molecule has 0 aromatic heterocycles. The predicted molar refractivity (Wildman–Crippen MR) is 296 cm³/mol. The summed E-state index contributed by atoms with van der Waals surface area (Å²) in [5, 5.41) is 23.1. The molecule has 0 aliphatic rings. The molecule has 0 radical (unpaired) electrons. The molecule has 6 nitrogen and oxygen atoms in total. The molecule has 0 fully saturated rings. The first-order chi connectivity index (χ1) is 33.5. The molecule has 0 aromatic rings. The maximum Gasteiger partial charge on any atom is 0.305 e. The fraction of sp³-hybridized carbons (Fsp3) is 0.871. The van der Waals surface area contributed by atoms with Gasteiger partial charge in [0.05, 0.1) is 25.4 Å². The Morgan fingerprint density at radius 1 is 0.412 bits per heavy atom. The van der Waals surface area contributed by atoms with Gasteiger partial charge in [0.15, 0.2) is 0 Å². The number of unbranched alkanes of at least 4 members (excludes halogenated alkanes) is 41. The van der Waals surface area contributed by atoms with Gasteiger partial charge in [-0.2, -0.15) is 0 Å². The highest BCUT2D eigenvalue weighted by atomic mass is 16.5. The molecule has 0 saturated heterocycles. The van der Waals surface area contributed by atoms with Crippen LogP contribution in [0, 0.1) is 0 Å². The number of carbonyl (C=O) groups excluding carboxylic acids is 2. The normalized spacial score (nSPS) is 12.8. The number of aliphatic hydroxyl groups is 2. The first-order valence-corrected chi connectivity index (χ1v) is 30.3. The van der Waals surface area contributed by atoms with E-state index in [9.17, 15) is 19.8 Å². The van der Waals surface area contributed by atoms with Gasteiger partial charge in [0, 0.05) is 12.8 Å².